The first kappa shape index (κ1) is 18.7. The number of amides is 1. The van der Waals surface area contributed by atoms with Gasteiger partial charge in [0.2, 0.25) is 5.91 Å². The highest BCUT2D eigenvalue weighted by molar-refractivity contribution is 5.80. The topological polar surface area (TPSA) is 84.0 Å². The van der Waals surface area contributed by atoms with Crippen LogP contribution in [0.5, 0.6) is 0 Å². The van der Waals surface area contributed by atoms with Crippen LogP contribution in [0.4, 0.5) is 0 Å². The van der Waals surface area contributed by atoms with Crippen LogP contribution in [0.25, 0.3) is 0 Å². The number of rotatable bonds is 8. The second-order valence-corrected chi connectivity index (χ2v) is 5.81. The maximum atomic E-state index is 11.4. The van der Waals surface area contributed by atoms with Crippen molar-refractivity contribution in [1.82, 2.24) is 16.0 Å². The lowest BCUT2D eigenvalue weighted by atomic mass is 10.2. The van der Waals surface area contributed by atoms with Crippen LogP contribution in [0.15, 0.2) is 4.99 Å². The quantitative estimate of drug-likeness (QED) is 0.337. The summed E-state index contributed by atoms with van der Waals surface area (Å²) in [6.45, 7) is 9.08. The molecule has 0 radical (unpaired) electrons. The number of hydrogen-bond donors (Lipinski definition) is 3. The van der Waals surface area contributed by atoms with Gasteiger partial charge in [0.05, 0.1) is 19.3 Å². The second kappa shape index (κ2) is 10.4. The molecule has 7 nitrogen and oxygen atoms in total. The van der Waals surface area contributed by atoms with Gasteiger partial charge >= 0.3 is 0 Å². The SMILES string of the molecule is CN=C(NCCNC(=O)C(C)C)NC(C)COC1CCOC1. The minimum Gasteiger partial charge on any atom is -0.379 e. The molecule has 0 bridgehead atoms. The van der Waals surface area contributed by atoms with Gasteiger partial charge in [0, 0.05) is 38.7 Å². The third-order valence-electron chi connectivity index (χ3n) is 3.32. The summed E-state index contributed by atoms with van der Waals surface area (Å²) in [5.74, 6) is 0.775. The van der Waals surface area contributed by atoms with Gasteiger partial charge in [-0.25, -0.2) is 0 Å². The third kappa shape index (κ3) is 7.61. The van der Waals surface area contributed by atoms with Crippen LogP contribution in [0.2, 0.25) is 0 Å². The van der Waals surface area contributed by atoms with E-state index in [0.717, 1.165) is 13.0 Å². The number of carbonyl (C=O) groups excluding carboxylic acids is 1. The molecule has 1 saturated heterocycles. The highest BCUT2D eigenvalue weighted by Gasteiger charge is 2.17. The lowest BCUT2D eigenvalue weighted by Gasteiger charge is -2.19. The smallest absolute Gasteiger partial charge is 0.222 e. The summed E-state index contributed by atoms with van der Waals surface area (Å²) in [7, 11) is 1.72. The standard InChI is InChI=1S/C15H30N4O3/c1-11(2)14(20)17-6-7-18-15(16-4)19-12(3)9-22-13-5-8-21-10-13/h11-13H,5-10H2,1-4H3,(H,17,20)(H2,16,18,19). The summed E-state index contributed by atoms with van der Waals surface area (Å²) in [5.41, 5.74) is 0. The van der Waals surface area contributed by atoms with Crippen molar-refractivity contribution in [1.29, 1.82) is 0 Å². The fourth-order valence-electron chi connectivity index (χ4n) is 1.97. The first-order valence-corrected chi connectivity index (χ1v) is 7.97. The van der Waals surface area contributed by atoms with Crippen LogP contribution < -0.4 is 16.0 Å². The Morgan fingerprint density at radius 1 is 1.32 bits per heavy atom. The van der Waals surface area contributed by atoms with Gasteiger partial charge in [-0.15, -0.1) is 0 Å². The van der Waals surface area contributed by atoms with E-state index in [9.17, 15) is 4.79 Å². The number of nitrogens with one attached hydrogen (secondary N) is 3. The molecule has 0 aliphatic carbocycles. The second-order valence-electron chi connectivity index (χ2n) is 5.81. The van der Waals surface area contributed by atoms with Gasteiger partial charge in [-0.05, 0) is 13.3 Å². The summed E-state index contributed by atoms with van der Waals surface area (Å²) in [5, 5.41) is 9.28. The molecular weight excluding hydrogens is 284 g/mol. The van der Waals surface area contributed by atoms with Crippen LogP contribution >= 0.6 is 0 Å². The summed E-state index contributed by atoms with van der Waals surface area (Å²) < 4.78 is 11.0. The van der Waals surface area contributed by atoms with Crippen molar-refractivity contribution in [2.45, 2.75) is 39.3 Å². The van der Waals surface area contributed by atoms with Crippen molar-refractivity contribution >= 4 is 11.9 Å². The van der Waals surface area contributed by atoms with Gasteiger partial charge < -0.3 is 25.4 Å². The van der Waals surface area contributed by atoms with Crippen LogP contribution in [0.3, 0.4) is 0 Å². The molecule has 1 aliphatic heterocycles. The zero-order valence-electron chi connectivity index (χ0n) is 14.1. The number of guanidine groups is 1. The molecule has 2 atom stereocenters. The fraction of sp³-hybridized carbons (Fsp3) is 0.867. The van der Waals surface area contributed by atoms with E-state index in [1.54, 1.807) is 7.05 Å². The maximum absolute atomic E-state index is 11.4. The van der Waals surface area contributed by atoms with Crippen LogP contribution in [0.1, 0.15) is 27.2 Å². The molecule has 2 unspecified atom stereocenters. The Morgan fingerprint density at radius 2 is 2.05 bits per heavy atom. The number of carbonyl (C=O) groups is 1. The number of hydrogen-bond acceptors (Lipinski definition) is 4. The van der Waals surface area contributed by atoms with Crippen LogP contribution in [-0.4, -0.2) is 64.0 Å². The van der Waals surface area contributed by atoms with Crippen molar-refractivity contribution in [3.8, 4) is 0 Å². The molecule has 0 aromatic carbocycles. The van der Waals surface area contributed by atoms with Gasteiger partial charge in [-0.3, -0.25) is 9.79 Å². The Morgan fingerprint density at radius 3 is 2.64 bits per heavy atom. The summed E-state index contributed by atoms with van der Waals surface area (Å²) in [4.78, 5) is 15.6. The molecule has 0 aromatic rings. The first-order chi connectivity index (χ1) is 10.5. The molecule has 3 N–H and O–H groups in total. The largest absolute Gasteiger partial charge is 0.379 e. The molecule has 7 heteroatoms. The lowest BCUT2D eigenvalue weighted by molar-refractivity contribution is -0.123. The normalized spacial score (nSPS) is 20.0. The van der Waals surface area contributed by atoms with Gasteiger partial charge in [0.15, 0.2) is 5.96 Å². The van der Waals surface area contributed by atoms with Crippen molar-refractivity contribution < 1.29 is 14.3 Å². The maximum Gasteiger partial charge on any atom is 0.222 e. The molecule has 0 spiro atoms. The van der Waals surface area contributed by atoms with E-state index in [4.69, 9.17) is 9.47 Å². The van der Waals surface area contributed by atoms with E-state index in [1.807, 2.05) is 20.8 Å². The van der Waals surface area contributed by atoms with Crippen molar-refractivity contribution in [2.75, 3.05) is 40.0 Å². The van der Waals surface area contributed by atoms with Crippen molar-refractivity contribution in [3.05, 3.63) is 0 Å². The Hall–Kier alpha value is -1.34. The first-order valence-electron chi connectivity index (χ1n) is 7.97. The number of ether oxygens (including phenoxy) is 2. The highest BCUT2D eigenvalue weighted by Crippen LogP contribution is 2.08. The minimum atomic E-state index is 0.00850. The van der Waals surface area contributed by atoms with Crippen LogP contribution in [0, 0.1) is 5.92 Å². The zero-order valence-corrected chi connectivity index (χ0v) is 14.1. The van der Waals surface area contributed by atoms with E-state index in [1.165, 1.54) is 0 Å². The molecule has 1 fully saturated rings. The zero-order chi connectivity index (χ0) is 16.4. The molecule has 1 rings (SSSR count). The van der Waals surface area contributed by atoms with E-state index in [-0.39, 0.29) is 24.0 Å². The molecule has 1 amide bonds. The highest BCUT2D eigenvalue weighted by atomic mass is 16.5. The Balaban J connectivity index is 2.14. The summed E-state index contributed by atoms with van der Waals surface area (Å²) in [6, 6.07) is 0.150. The Kier molecular flexibility index (Phi) is 8.84. The molecular formula is C15H30N4O3. The van der Waals surface area contributed by atoms with E-state index in [2.05, 4.69) is 20.9 Å². The average molecular weight is 314 g/mol. The van der Waals surface area contributed by atoms with E-state index in [0.29, 0.717) is 32.3 Å². The van der Waals surface area contributed by atoms with Crippen molar-refractivity contribution in [2.24, 2.45) is 10.9 Å². The molecule has 1 aliphatic rings. The average Bonchev–Trinajstić information content (AvgIpc) is 3.01. The van der Waals surface area contributed by atoms with E-state index < -0.39 is 0 Å². The Labute approximate surface area is 133 Å². The van der Waals surface area contributed by atoms with Gasteiger partial charge in [-0.2, -0.15) is 0 Å². The van der Waals surface area contributed by atoms with Gasteiger partial charge in [-0.1, -0.05) is 13.8 Å². The molecule has 22 heavy (non-hydrogen) atoms. The minimum absolute atomic E-state index is 0.00850. The van der Waals surface area contributed by atoms with Gasteiger partial charge in [0.25, 0.3) is 0 Å². The molecule has 0 aromatic heterocycles. The number of aliphatic imine (C=N–C) groups is 1. The molecule has 1 heterocycles. The predicted octanol–water partition coefficient (Wildman–Crippen LogP) is 0.118. The van der Waals surface area contributed by atoms with E-state index >= 15 is 0 Å². The monoisotopic (exact) mass is 314 g/mol. The lowest BCUT2D eigenvalue weighted by Crippen LogP contribution is -2.46. The third-order valence-corrected chi connectivity index (χ3v) is 3.32. The summed E-state index contributed by atoms with van der Waals surface area (Å²) >= 11 is 0. The molecule has 128 valence electrons. The van der Waals surface area contributed by atoms with Crippen LogP contribution in [-0.2, 0) is 14.3 Å². The van der Waals surface area contributed by atoms with Crippen molar-refractivity contribution in [3.63, 3.8) is 0 Å². The Bertz CT molecular complexity index is 355. The predicted molar refractivity (Wildman–Crippen MR) is 87.0 cm³/mol. The van der Waals surface area contributed by atoms with Gasteiger partial charge in [0.1, 0.15) is 0 Å². The molecule has 0 saturated carbocycles. The fourth-order valence-corrected chi connectivity index (χ4v) is 1.97. The summed E-state index contributed by atoms with van der Waals surface area (Å²) in [6.07, 6.45) is 1.18. The number of nitrogens with zero attached hydrogens (tertiary/aromatic N) is 1.